The predicted octanol–water partition coefficient (Wildman–Crippen LogP) is 4.39. The summed E-state index contributed by atoms with van der Waals surface area (Å²) in [5, 5.41) is 4.44. The average Bonchev–Trinajstić information content (AvgIpc) is 2.91. The molecule has 0 amide bonds. The number of ether oxygens (including phenoxy) is 2. The zero-order chi connectivity index (χ0) is 23.9. The maximum absolute atomic E-state index is 5.38. The minimum absolute atomic E-state index is 0.176. The van der Waals surface area contributed by atoms with Crippen molar-refractivity contribution >= 4 is 23.3 Å². The predicted molar refractivity (Wildman–Crippen MR) is 139 cm³/mol. The summed E-state index contributed by atoms with van der Waals surface area (Å²) in [6.45, 7) is 6.57. The SMILES string of the molecule is COc1ccc(N2CCN(c3nc(SC)ncc3CNC(C)c3cccc(OC)c3)CC2)cc1. The van der Waals surface area contributed by atoms with E-state index in [1.807, 2.05) is 36.7 Å². The number of methoxy groups -OCH3 is 2. The summed E-state index contributed by atoms with van der Waals surface area (Å²) >= 11 is 1.58. The molecule has 0 spiro atoms. The molecule has 34 heavy (non-hydrogen) atoms. The number of thioether (sulfide) groups is 1. The highest BCUT2D eigenvalue weighted by Crippen LogP contribution is 2.26. The van der Waals surface area contributed by atoms with E-state index in [1.165, 1.54) is 11.3 Å². The molecular formula is C26H33N5O2S. The molecule has 1 aliphatic rings. The lowest BCUT2D eigenvalue weighted by Gasteiger charge is -2.37. The fourth-order valence-corrected chi connectivity index (χ4v) is 4.48. The molecule has 3 aromatic rings. The fraction of sp³-hybridized carbons (Fsp3) is 0.385. The Morgan fingerprint density at radius 2 is 1.68 bits per heavy atom. The van der Waals surface area contributed by atoms with E-state index in [2.05, 4.69) is 51.3 Å². The zero-order valence-electron chi connectivity index (χ0n) is 20.3. The van der Waals surface area contributed by atoms with E-state index >= 15 is 0 Å². The van der Waals surface area contributed by atoms with Crippen molar-refractivity contribution in [1.29, 1.82) is 0 Å². The average molecular weight is 480 g/mol. The third-order valence-corrected chi connectivity index (χ3v) is 6.77. The number of rotatable bonds is 9. The van der Waals surface area contributed by atoms with Gasteiger partial charge in [-0.3, -0.25) is 0 Å². The lowest BCUT2D eigenvalue weighted by atomic mass is 10.1. The van der Waals surface area contributed by atoms with Crippen LogP contribution >= 0.6 is 11.8 Å². The van der Waals surface area contributed by atoms with E-state index in [0.29, 0.717) is 6.54 Å². The summed E-state index contributed by atoms with van der Waals surface area (Å²) in [5.74, 6) is 2.78. The summed E-state index contributed by atoms with van der Waals surface area (Å²) in [6.07, 6.45) is 3.98. The minimum atomic E-state index is 0.176. The van der Waals surface area contributed by atoms with Gasteiger partial charge in [0.25, 0.3) is 0 Å². The lowest BCUT2D eigenvalue weighted by molar-refractivity contribution is 0.413. The summed E-state index contributed by atoms with van der Waals surface area (Å²) in [7, 11) is 3.39. The van der Waals surface area contributed by atoms with Crippen LogP contribution in [0.2, 0.25) is 0 Å². The highest BCUT2D eigenvalue weighted by atomic mass is 32.2. The molecule has 0 saturated carbocycles. The second-order valence-electron chi connectivity index (χ2n) is 8.26. The van der Waals surface area contributed by atoms with Crippen molar-refractivity contribution in [1.82, 2.24) is 15.3 Å². The fourth-order valence-electron chi connectivity index (χ4n) is 4.14. The van der Waals surface area contributed by atoms with Gasteiger partial charge < -0.3 is 24.6 Å². The van der Waals surface area contributed by atoms with Crippen molar-refractivity contribution in [3.63, 3.8) is 0 Å². The molecular weight excluding hydrogens is 446 g/mol. The Bertz CT molecular complexity index is 1070. The highest BCUT2D eigenvalue weighted by molar-refractivity contribution is 7.98. The van der Waals surface area contributed by atoms with Gasteiger partial charge in [0.15, 0.2) is 5.16 Å². The largest absolute Gasteiger partial charge is 0.497 e. The van der Waals surface area contributed by atoms with Gasteiger partial charge in [-0.2, -0.15) is 0 Å². The number of hydrogen-bond donors (Lipinski definition) is 1. The van der Waals surface area contributed by atoms with Gasteiger partial charge in [-0.05, 0) is 55.1 Å². The van der Waals surface area contributed by atoms with Gasteiger partial charge >= 0.3 is 0 Å². The van der Waals surface area contributed by atoms with Crippen LogP contribution < -0.4 is 24.6 Å². The van der Waals surface area contributed by atoms with Crippen molar-refractivity contribution in [3.8, 4) is 11.5 Å². The van der Waals surface area contributed by atoms with Crippen molar-refractivity contribution < 1.29 is 9.47 Å². The molecule has 0 radical (unpaired) electrons. The number of piperazine rings is 1. The second kappa shape index (κ2) is 11.4. The van der Waals surface area contributed by atoms with Crippen molar-refractivity contribution in [2.75, 3.05) is 56.5 Å². The van der Waals surface area contributed by atoms with Crippen molar-refractivity contribution in [3.05, 3.63) is 65.9 Å². The Hall–Kier alpha value is -2.97. The number of nitrogens with zero attached hydrogens (tertiary/aromatic N) is 4. The van der Waals surface area contributed by atoms with E-state index < -0.39 is 0 Å². The Morgan fingerprint density at radius 1 is 0.971 bits per heavy atom. The highest BCUT2D eigenvalue weighted by Gasteiger charge is 2.22. The van der Waals surface area contributed by atoms with Crippen LogP contribution in [0.4, 0.5) is 11.5 Å². The van der Waals surface area contributed by atoms with E-state index in [4.69, 9.17) is 14.5 Å². The normalized spacial score (nSPS) is 14.7. The third-order valence-electron chi connectivity index (χ3n) is 6.21. The van der Waals surface area contributed by atoms with E-state index in [0.717, 1.165) is 54.2 Å². The molecule has 1 fully saturated rings. The zero-order valence-corrected chi connectivity index (χ0v) is 21.1. The van der Waals surface area contributed by atoms with Crippen LogP contribution in [0.5, 0.6) is 11.5 Å². The molecule has 0 aliphatic carbocycles. The molecule has 2 heterocycles. The van der Waals surface area contributed by atoms with E-state index in [-0.39, 0.29) is 6.04 Å². The molecule has 2 aromatic carbocycles. The van der Waals surface area contributed by atoms with Crippen LogP contribution in [0.1, 0.15) is 24.1 Å². The molecule has 8 heteroatoms. The molecule has 1 saturated heterocycles. The summed E-state index contributed by atoms with van der Waals surface area (Å²) in [5.41, 5.74) is 3.53. The second-order valence-corrected chi connectivity index (χ2v) is 9.03. The summed E-state index contributed by atoms with van der Waals surface area (Å²) in [4.78, 5) is 14.2. The molecule has 180 valence electrons. The van der Waals surface area contributed by atoms with Gasteiger partial charge in [-0.15, -0.1) is 0 Å². The number of benzene rings is 2. The van der Waals surface area contributed by atoms with Gasteiger partial charge in [0, 0.05) is 56.2 Å². The minimum Gasteiger partial charge on any atom is -0.497 e. The molecule has 1 aromatic heterocycles. The van der Waals surface area contributed by atoms with Crippen molar-refractivity contribution in [2.24, 2.45) is 0 Å². The smallest absolute Gasteiger partial charge is 0.189 e. The van der Waals surface area contributed by atoms with Crippen LogP contribution in [0.3, 0.4) is 0 Å². The van der Waals surface area contributed by atoms with Gasteiger partial charge in [0.2, 0.25) is 0 Å². The Labute approximate surface area is 206 Å². The first kappa shape index (κ1) is 24.2. The number of anilines is 2. The maximum atomic E-state index is 5.38. The topological polar surface area (TPSA) is 62.8 Å². The van der Waals surface area contributed by atoms with Crippen molar-refractivity contribution in [2.45, 2.75) is 24.7 Å². The molecule has 1 atom stereocenters. The number of nitrogens with one attached hydrogen (secondary N) is 1. The quantitative estimate of drug-likeness (QED) is 0.358. The first-order chi connectivity index (χ1) is 16.6. The van der Waals surface area contributed by atoms with Crippen LogP contribution in [0, 0.1) is 0 Å². The van der Waals surface area contributed by atoms with Gasteiger partial charge in [-0.1, -0.05) is 23.9 Å². The monoisotopic (exact) mass is 479 g/mol. The first-order valence-corrected chi connectivity index (χ1v) is 12.7. The molecule has 1 N–H and O–H groups in total. The van der Waals surface area contributed by atoms with Gasteiger partial charge in [-0.25, -0.2) is 9.97 Å². The molecule has 4 rings (SSSR count). The Morgan fingerprint density at radius 3 is 2.35 bits per heavy atom. The summed E-state index contributed by atoms with van der Waals surface area (Å²) < 4.78 is 10.7. The Kier molecular flexibility index (Phi) is 8.13. The lowest BCUT2D eigenvalue weighted by Crippen LogP contribution is -2.47. The van der Waals surface area contributed by atoms with E-state index in [1.54, 1.807) is 26.0 Å². The van der Waals surface area contributed by atoms with Crippen LogP contribution in [0.15, 0.2) is 59.9 Å². The maximum Gasteiger partial charge on any atom is 0.189 e. The van der Waals surface area contributed by atoms with Crippen LogP contribution in [0.25, 0.3) is 0 Å². The molecule has 7 nitrogen and oxygen atoms in total. The van der Waals surface area contributed by atoms with Crippen LogP contribution in [-0.2, 0) is 6.54 Å². The van der Waals surface area contributed by atoms with Gasteiger partial charge in [0.05, 0.1) is 14.2 Å². The van der Waals surface area contributed by atoms with Crippen LogP contribution in [-0.4, -0.2) is 56.6 Å². The van der Waals surface area contributed by atoms with Gasteiger partial charge in [0.1, 0.15) is 17.3 Å². The first-order valence-electron chi connectivity index (χ1n) is 11.5. The molecule has 1 aliphatic heterocycles. The standard InChI is InChI=1S/C26H33N5O2S/c1-19(20-6-5-7-24(16-20)33-3)27-17-21-18-28-26(34-4)29-25(21)31-14-12-30(13-15-31)22-8-10-23(32-2)11-9-22/h5-11,16,18-19,27H,12-15,17H2,1-4H3. The Balaban J connectivity index is 1.44. The third kappa shape index (κ3) is 5.74. The number of aromatic nitrogens is 2. The summed E-state index contributed by atoms with van der Waals surface area (Å²) in [6, 6.07) is 16.6. The number of hydrogen-bond acceptors (Lipinski definition) is 8. The molecule has 1 unspecified atom stereocenters. The molecule has 0 bridgehead atoms. The van der Waals surface area contributed by atoms with E-state index in [9.17, 15) is 0 Å².